The molecule has 1 fully saturated rings. The van der Waals surface area contributed by atoms with E-state index in [-0.39, 0.29) is 23.4 Å². The van der Waals surface area contributed by atoms with E-state index in [1.807, 2.05) is 5.38 Å². The molecule has 2 heterocycles. The SMILES string of the molecule is Cc1ccc(N(C(=O)CNC(=O)c2ccco2)[C@H](C(=O)NC2CCCC2)c2cccs2)cc1F. The van der Waals surface area contributed by atoms with Gasteiger partial charge in [0.15, 0.2) is 5.76 Å². The van der Waals surface area contributed by atoms with Crippen LogP contribution in [0.5, 0.6) is 0 Å². The highest BCUT2D eigenvalue weighted by molar-refractivity contribution is 7.10. The Labute approximate surface area is 200 Å². The predicted molar refractivity (Wildman–Crippen MR) is 127 cm³/mol. The lowest BCUT2D eigenvalue weighted by Crippen LogP contribution is -2.49. The molecule has 1 aliphatic rings. The zero-order valence-corrected chi connectivity index (χ0v) is 19.6. The highest BCUT2D eigenvalue weighted by atomic mass is 32.1. The first kappa shape index (κ1) is 23.7. The number of hydrogen-bond donors (Lipinski definition) is 2. The summed E-state index contributed by atoms with van der Waals surface area (Å²) in [7, 11) is 0. The molecule has 0 aliphatic heterocycles. The fourth-order valence-corrected chi connectivity index (χ4v) is 4.89. The highest BCUT2D eigenvalue weighted by Gasteiger charge is 2.35. The molecule has 4 rings (SSSR count). The number of nitrogens with zero attached hydrogens (tertiary/aromatic N) is 1. The molecular formula is C25H26FN3O4S. The summed E-state index contributed by atoms with van der Waals surface area (Å²) < 4.78 is 19.6. The second-order valence-electron chi connectivity index (χ2n) is 8.27. The molecule has 0 saturated heterocycles. The Hall–Kier alpha value is -3.46. The number of aryl methyl sites for hydroxylation is 1. The minimum absolute atomic E-state index is 0.0420. The Kier molecular flexibility index (Phi) is 7.42. The minimum Gasteiger partial charge on any atom is -0.459 e. The number of carbonyl (C=O) groups is 3. The molecule has 0 bridgehead atoms. The van der Waals surface area contributed by atoms with Gasteiger partial charge in [0.1, 0.15) is 11.9 Å². The van der Waals surface area contributed by atoms with Crippen LogP contribution in [0.15, 0.2) is 58.5 Å². The summed E-state index contributed by atoms with van der Waals surface area (Å²) in [5, 5.41) is 7.41. The van der Waals surface area contributed by atoms with Gasteiger partial charge in [0.25, 0.3) is 5.91 Å². The van der Waals surface area contributed by atoms with E-state index in [0.29, 0.717) is 10.4 Å². The van der Waals surface area contributed by atoms with Crippen LogP contribution in [0.3, 0.4) is 0 Å². The van der Waals surface area contributed by atoms with Crippen LogP contribution in [-0.2, 0) is 9.59 Å². The van der Waals surface area contributed by atoms with Gasteiger partial charge in [0, 0.05) is 16.6 Å². The van der Waals surface area contributed by atoms with E-state index >= 15 is 0 Å². The Bertz CT molecular complexity index is 1140. The number of hydrogen-bond acceptors (Lipinski definition) is 5. The van der Waals surface area contributed by atoms with E-state index < -0.39 is 30.2 Å². The lowest BCUT2D eigenvalue weighted by Gasteiger charge is -2.31. The van der Waals surface area contributed by atoms with Gasteiger partial charge in [-0.25, -0.2) is 4.39 Å². The quantitative estimate of drug-likeness (QED) is 0.498. The van der Waals surface area contributed by atoms with Crippen LogP contribution in [0, 0.1) is 12.7 Å². The Balaban J connectivity index is 1.66. The van der Waals surface area contributed by atoms with E-state index in [4.69, 9.17) is 4.42 Å². The smallest absolute Gasteiger partial charge is 0.287 e. The zero-order chi connectivity index (χ0) is 24.1. The molecule has 0 unspecified atom stereocenters. The molecular weight excluding hydrogens is 457 g/mol. The van der Waals surface area contributed by atoms with Crippen LogP contribution in [-0.4, -0.2) is 30.3 Å². The lowest BCUT2D eigenvalue weighted by atomic mass is 10.1. The van der Waals surface area contributed by atoms with E-state index in [1.54, 1.807) is 37.3 Å². The molecule has 2 N–H and O–H groups in total. The van der Waals surface area contributed by atoms with Gasteiger partial charge in [-0.05, 0) is 61.0 Å². The maximum atomic E-state index is 14.5. The maximum absolute atomic E-state index is 14.5. The van der Waals surface area contributed by atoms with Crippen LogP contribution in [0.2, 0.25) is 0 Å². The molecule has 178 valence electrons. The standard InChI is InChI=1S/C25H26FN3O4S/c1-16-10-11-18(14-19(16)26)29(22(30)15-27-24(31)20-8-4-12-33-20)23(21-9-5-13-34-21)25(32)28-17-6-2-3-7-17/h4-5,8-14,17,23H,2-3,6-7,15H2,1H3,(H,27,31)(H,28,32)/t23-/m0/s1. The molecule has 1 saturated carbocycles. The average Bonchev–Trinajstić information content (AvgIpc) is 3.61. The van der Waals surface area contributed by atoms with Crippen LogP contribution < -0.4 is 15.5 Å². The van der Waals surface area contributed by atoms with E-state index in [1.165, 1.54) is 34.6 Å². The van der Waals surface area contributed by atoms with Gasteiger partial charge in [-0.2, -0.15) is 0 Å². The molecule has 0 spiro atoms. The van der Waals surface area contributed by atoms with Crippen molar-refractivity contribution < 1.29 is 23.2 Å². The third-order valence-corrected chi connectivity index (χ3v) is 6.79. The number of anilines is 1. The summed E-state index contributed by atoms with van der Waals surface area (Å²) >= 11 is 1.34. The first-order valence-electron chi connectivity index (χ1n) is 11.2. The van der Waals surface area contributed by atoms with Crippen LogP contribution in [0.1, 0.15) is 52.7 Å². The molecule has 34 heavy (non-hydrogen) atoms. The van der Waals surface area contributed by atoms with Gasteiger partial charge in [-0.3, -0.25) is 19.3 Å². The average molecular weight is 484 g/mol. The van der Waals surface area contributed by atoms with E-state index in [0.717, 1.165) is 25.7 Å². The third-order valence-electron chi connectivity index (χ3n) is 5.87. The second-order valence-corrected chi connectivity index (χ2v) is 9.24. The van der Waals surface area contributed by atoms with Gasteiger partial charge < -0.3 is 15.1 Å². The summed E-state index contributed by atoms with van der Waals surface area (Å²) in [6.45, 7) is 1.23. The largest absolute Gasteiger partial charge is 0.459 e. The van der Waals surface area contributed by atoms with Gasteiger partial charge in [-0.15, -0.1) is 11.3 Å². The zero-order valence-electron chi connectivity index (χ0n) is 18.8. The molecule has 0 radical (unpaired) electrons. The maximum Gasteiger partial charge on any atom is 0.287 e. The first-order chi connectivity index (χ1) is 16.4. The van der Waals surface area contributed by atoms with Crippen molar-refractivity contribution in [2.75, 3.05) is 11.4 Å². The Morgan fingerprint density at radius 3 is 2.62 bits per heavy atom. The van der Waals surface area contributed by atoms with Gasteiger partial charge in [0.2, 0.25) is 11.8 Å². The summed E-state index contributed by atoms with van der Waals surface area (Å²) in [5.41, 5.74) is 0.658. The number of carbonyl (C=O) groups excluding carboxylic acids is 3. The van der Waals surface area contributed by atoms with Crippen molar-refractivity contribution in [2.45, 2.75) is 44.7 Å². The van der Waals surface area contributed by atoms with Crippen LogP contribution in [0.4, 0.5) is 10.1 Å². The number of thiophene rings is 1. The third kappa shape index (κ3) is 5.36. The van der Waals surface area contributed by atoms with Gasteiger partial charge in [-0.1, -0.05) is 25.0 Å². The predicted octanol–water partition coefficient (Wildman–Crippen LogP) is 4.35. The number of amides is 3. The van der Waals surface area contributed by atoms with Crippen molar-refractivity contribution in [3.05, 3.63) is 76.1 Å². The monoisotopic (exact) mass is 483 g/mol. The lowest BCUT2D eigenvalue weighted by molar-refractivity contribution is -0.126. The molecule has 7 nitrogen and oxygen atoms in total. The number of halogens is 1. The van der Waals surface area contributed by atoms with Crippen molar-refractivity contribution in [3.8, 4) is 0 Å². The number of rotatable bonds is 8. The van der Waals surface area contributed by atoms with Crippen molar-refractivity contribution in [1.29, 1.82) is 0 Å². The fraction of sp³-hybridized carbons (Fsp3) is 0.320. The molecule has 1 aliphatic carbocycles. The van der Waals surface area contributed by atoms with Crippen LogP contribution in [0.25, 0.3) is 0 Å². The topological polar surface area (TPSA) is 91.7 Å². The van der Waals surface area contributed by atoms with Gasteiger partial charge in [0.05, 0.1) is 12.8 Å². The fourth-order valence-electron chi connectivity index (χ4n) is 4.08. The summed E-state index contributed by atoms with van der Waals surface area (Å²) in [5.74, 6) is -1.87. The normalized spacial score (nSPS) is 14.5. The molecule has 3 aromatic rings. The summed E-state index contributed by atoms with van der Waals surface area (Å²) in [4.78, 5) is 41.2. The number of nitrogens with one attached hydrogen (secondary N) is 2. The van der Waals surface area contributed by atoms with Crippen LogP contribution >= 0.6 is 11.3 Å². The molecule has 1 aromatic carbocycles. The minimum atomic E-state index is -1.00. The van der Waals surface area contributed by atoms with E-state index in [9.17, 15) is 18.8 Å². The second kappa shape index (κ2) is 10.6. The molecule has 1 atom stereocenters. The number of benzene rings is 1. The molecule has 2 aromatic heterocycles. The Morgan fingerprint density at radius 2 is 1.97 bits per heavy atom. The Morgan fingerprint density at radius 1 is 1.18 bits per heavy atom. The molecule has 9 heteroatoms. The van der Waals surface area contributed by atoms with Crippen molar-refractivity contribution in [2.24, 2.45) is 0 Å². The van der Waals surface area contributed by atoms with E-state index in [2.05, 4.69) is 10.6 Å². The summed E-state index contributed by atoms with van der Waals surface area (Å²) in [6, 6.07) is 10.1. The number of furan rings is 1. The first-order valence-corrected chi connectivity index (χ1v) is 12.1. The molecule has 3 amide bonds. The van der Waals surface area contributed by atoms with Crippen molar-refractivity contribution >= 4 is 34.7 Å². The van der Waals surface area contributed by atoms with Crippen molar-refractivity contribution in [3.63, 3.8) is 0 Å². The highest BCUT2D eigenvalue weighted by Crippen LogP contribution is 2.32. The van der Waals surface area contributed by atoms with Gasteiger partial charge >= 0.3 is 0 Å². The van der Waals surface area contributed by atoms with Crippen molar-refractivity contribution in [1.82, 2.24) is 10.6 Å². The summed E-state index contributed by atoms with van der Waals surface area (Å²) in [6.07, 6.45) is 5.21.